The van der Waals surface area contributed by atoms with Crippen molar-refractivity contribution in [1.82, 2.24) is 10.3 Å². The van der Waals surface area contributed by atoms with E-state index in [9.17, 15) is 4.79 Å². The summed E-state index contributed by atoms with van der Waals surface area (Å²) in [5, 5.41) is 2.72. The minimum Gasteiger partial charge on any atom is -0.484 e. The first-order valence-corrected chi connectivity index (χ1v) is 7.38. The number of aryl methyl sites for hydroxylation is 2. The Bertz CT molecular complexity index is 610. The van der Waals surface area contributed by atoms with Crippen LogP contribution in [0.4, 0.5) is 0 Å². The number of carbonyl (C=O) groups is 1. The quantitative estimate of drug-likeness (QED) is 0.890. The van der Waals surface area contributed by atoms with Crippen LogP contribution in [0, 0.1) is 13.8 Å². The molecule has 5 heteroatoms. The summed E-state index contributed by atoms with van der Waals surface area (Å²) >= 11 is 0. The van der Waals surface area contributed by atoms with Crippen molar-refractivity contribution >= 4 is 5.91 Å². The number of carbonyl (C=O) groups excluding carboxylic acids is 1. The van der Waals surface area contributed by atoms with E-state index in [0.717, 1.165) is 11.5 Å². The number of nitrogens with zero attached hydrogens (tertiary/aromatic N) is 1. The highest BCUT2D eigenvalue weighted by Gasteiger charge is 2.08. The van der Waals surface area contributed by atoms with Crippen molar-refractivity contribution in [2.45, 2.75) is 40.2 Å². The molecular formula is C17H22N2O3. The summed E-state index contributed by atoms with van der Waals surface area (Å²) in [6.07, 6.45) is 0. The highest BCUT2D eigenvalue weighted by atomic mass is 16.5. The average molecular weight is 302 g/mol. The van der Waals surface area contributed by atoms with Gasteiger partial charge in [0.15, 0.2) is 6.61 Å². The van der Waals surface area contributed by atoms with Crippen LogP contribution in [0.2, 0.25) is 0 Å². The zero-order valence-electron chi connectivity index (χ0n) is 13.5. The van der Waals surface area contributed by atoms with Gasteiger partial charge in [0.2, 0.25) is 5.89 Å². The number of ether oxygens (including phenoxy) is 1. The maximum atomic E-state index is 11.8. The molecule has 0 bridgehead atoms. The first-order valence-electron chi connectivity index (χ1n) is 7.38. The number of rotatable bonds is 6. The normalized spacial score (nSPS) is 10.8. The van der Waals surface area contributed by atoms with Crippen molar-refractivity contribution in [2.24, 2.45) is 0 Å². The molecule has 1 aromatic carbocycles. The fourth-order valence-corrected chi connectivity index (χ4v) is 1.94. The van der Waals surface area contributed by atoms with Gasteiger partial charge in [0.05, 0.1) is 12.2 Å². The molecule has 5 nitrogen and oxygen atoms in total. The predicted octanol–water partition coefficient (Wildman–Crippen LogP) is 3.11. The number of nitrogens with one attached hydrogen (secondary N) is 1. The van der Waals surface area contributed by atoms with Gasteiger partial charge in [-0.1, -0.05) is 26.0 Å². The molecule has 1 amide bonds. The number of amides is 1. The van der Waals surface area contributed by atoms with Gasteiger partial charge in [-0.25, -0.2) is 4.98 Å². The lowest BCUT2D eigenvalue weighted by atomic mass is 10.0. The van der Waals surface area contributed by atoms with E-state index in [1.54, 1.807) is 0 Å². The van der Waals surface area contributed by atoms with Gasteiger partial charge in [-0.3, -0.25) is 4.79 Å². The Morgan fingerprint density at radius 3 is 2.50 bits per heavy atom. The van der Waals surface area contributed by atoms with Crippen molar-refractivity contribution < 1.29 is 13.9 Å². The van der Waals surface area contributed by atoms with E-state index in [2.05, 4.69) is 24.1 Å². The Labute approximate surface area is 130 Å². The van der Waals surface area contributed by atoms with Gasteiger partial charge < -0.3 is 14.5 Å². The summed E-state index contributed by atoms with van der Waals surface area (Å²) in [4.78, 5) is 16.0. The minimum atomic E-state index is -0.207. The van der Waals surface area contributed by atoms with Crippen molar-refractivity contribution in [2.75, 3.05) is 6.61 Å². The first kappa shape index (κ1) is 16.1. The predicted molar refractivity (Wildman–Crippen MR) is 83.8 cm³/mol. The third kappa shape index (κ3) is 4.35. The van der Waals surface area contributed by atoms with E-state index < -0.39 is 0 Å². The summed E-state index contributed by atoms with van der Waals surface area (Å²) in [5.74, 6) is 2.23. The molecular weight excluding hydrogens is 280 g/mol. The van der Waals surface area contributed by atoms with Gasteiger partial charge in [-0.15, -0.1) is 0 Å². The molecule has 0 atom stereocenters. The maximum Gasteiger partial charge on any atom is 0.258 e. The SMILES string of the molecule is Cc1nc(CNC(=O)COc2ccc(C(C)C)cc2)oc1C. The standard InChI is InChI=1S/C17H22N2O3/c1-11(2)14-5-7-15(8-6-14)21-10-16(20)18-9-17-19-12(3)13(4)22-17/h5-8,11H,9-10H2,1-4H3,(H,18,20). The topological polar surface area (TPSA) is 64.4 Å². The number of aromatic nitrogens is 1. The lowest BCUT2D eigenvalue weighted by Crippen LogP contribution is -2.28. The van der Waals surface area contributed by atoms with Crippen molar-refractivity contribution in [3.63, 3.8) is 0 Å². The summed E-state index contributed by atoms with van der Waals surface area (Å²) in [6.45, 7) is 8.22. The molecule has 0 aliphatic carbocycles. The molecule has 22 heavy (non-hydrogen) atoms. The first-order chi connectivity index (χ1) is 10.5. The van der Waals surface area contributed by atoms with Gasteiger partial charge in [0, 0.05) is 0 Å². The molecule has 0 radical (unpaired) electrons. The molecule has 0 unspecified atom stereocenters. The Morgan fingerprint density at radius 2 is 1.95 bits per heavy atom. The molecule has 2 rings (SSSR count). The van der Waals surface area contributed by atoms with E-state index in [0.29, 0.717) is 17.6 Å². The Morgan fingerprint density at radius 1 is 1.27 bits per heavy atom. The molecule has 0 saturated heterocycles. The fraction of sp³-hybridized carbons (Fsp3) is 0.412. The van der Waals surface area contributed by atoms with Crippen molar-refractivity contribution in [1.29, 1.82) is 0 Å². The van der Waals surface area contributed by atoms with Gasteiger partial charge in [-0.2, -0.15) is 0 Å². The van der Waals surface area contributed by atoms with E-state index in [-0.39, 0.29) is 19.1 Å². The summed E-state index contributed by atoms with van der Waals surface area (Å²) < 4.78 is 10.9. The van der Waals surface area contributed by atoms with Crippen LogP contribution in [0.3, 0.4) is 0 Å². The molecule has 0 aliphatic rings. The van der Waals surface area contributed by atoms with Crippen LogP contribution in [0.5, 0.6) is 5.75 Å². The summed E-state index contributed by atoms with van der Waals surface area (Å²) in [6, 6.07) is 7.78. The van der Waals surface area contributed by atoms with Crippen LogP contribution in [0.15, 0.2) is 28.7 Å². The van der Waals surface area contributed by atoms with E-state index in [1.807, 2.05) is 38.1 Å². The molecule has 0 saturated carbocycles. The molecule has 1 heterocycles. The van der Waals surface area contributed by atoms with Crippen LogP contribution >= 0.6 is 0 Å². The van der Waals surface area contributed by atoms with Crippen LogP contribution in [-0.2, 0) is 11.3 Å². The van der Waals surface area contributed by atoms with E-state index in [1.165, 1.54) is 5.56 Å². The third-order valence-corrected chi connectivity index (χ3v) is 3.43. The smallest absolute Gasteiger partial charge is 0.258 e. The molecule has 1 N–H and O–H groups in total. The lowest BCUT2D eigenvalue weighted by molar-refractivity contribution is -0.123. The van der Waals surface area contributed by atoms with Crippen LogP contribution in [0.25, 0.3) is 0 Å². The van der Waals surface area contributed by atoms with Gasteiger partial charge in [-0.05, 0) is 37.5 Å². The highest BCUT2D eigenvalue weighted by Crippen LogP contribution is 2.18. The van der Waals surface area contributed by atoms with E-state index >= 15 is 0 Å². The molecule has 1 aromatic heterocycles. The second-order valence-electron chi connectivity index (χ2n) is 5.54. The largest absolute Gasteiger partial charge is 0.484 e. The number of hydrogen-bond donors (Lipinski definition) is 1. The van der Waals surface area contributed by atoms with E-state index in [4.69, 9.17) is 9.15 Å². The van der Waals surface area contributed by atoms with Gasteiger partial charge >= 0.3 is 0 Å². The van der Waals surface area contributed by atoms with Crippen molar-refractivity contribution in [3.05, 3.63) is 47.2 Å². The Balaban J connectivity index is 1.77. The number of hydrogen-bond acceptors (Lipinski definition) is 4. The summed E-state index contributed by atoms with van der Waals surface area (Å²) in [7, 11) is 0. The zero-order chi connectivity index (χ0) is 16.1. The lowest BCUT2D eigenvalue weighted by Gasteiger charge is -2.08. The second-order valence-corrected chi connectivity index (χ2v) is 5.54. The molecule has 0 spiro atoms. The van der Waals surface area contributed by atoms with Crippen molar-refractivity contribution in [3.8, 4) is 5.75 Å². The maximum absolute atomic E-state index is 11.8. The summed E-state index contributed by atoms with van der Waals surface area (Å²) in [5.41, 5.74) is 2.08. The Kier molecular flexibility index (Phi) is 5.20. The molecule has 0 aliphatic heterocycles. The van der Waals surface area contributed by atoms with Crippen LogP contribution in [0.1, 0.15) is 42.7 Å². The molecule has 0 fully saturated rings. The zero-order valence-corrected chi connectivity index (χ0v) is 13.5. The van der Waals surface area contributed by atoms with Gasteiger partial charge in [0.25, 0.3) is 5.91 Å². The monoisotopic (exact) mass is 302 g/mol. The minimum absolute atomic E-state index is 0.0281. The second kappa shape index (κ2) is 7.11. The Hall–Kier alpha value is -2.30. The fourth-order valence-electron chi connectivity index (χ4n) is 1.94. The van der Waals surface area contributed by atoms with Crippen LogP contribution < -0.4 is 10.1 Å². The highest BCUT2D eigenvalue weighted by molar-refractivity contribution is 5.77. The molecule has 2 aromatic rings. The number of oxazole rings is 1. The third-order valence-electron chi connectivity index (χ3n) is 3.43. The number of benzene rings is 1. The molecule has 118 valence electrons. The average Bonchev–Trinajstić information content (AvgIpc) is 2.82. The van der Waals surface area contributed by atoms with Crippen LogP contribution in [-0.4, -0.2) is 17.5 Å². The van der Waals surface area contributed by atoms with Gasteiger partial charge in [0.1, 0.15) is 11.5 Å².